The first-order valence-electron chi connectivity index (χ1n) is 2.60. The Labute approximate surface area is 52.0 Å². The molecule has 0 N–H and O–H groups in total. The van der Waals surface area contributed by atoms with Crippen LogP contribution in [0.3, 0.4) is 0 Å². The van der Waals surface area contributed by atoms with E-state index in [2.05, 4.69) is 10.4 Å². The number of hydrogen-bond acceptors (Lipinski definition) is 5. The fraction of sp³-hybridized carbons (Fsp3) is 1.00. The number of likely N-dealkylation sites (tertiary alicyclic amines) is 1. The molecule has 1 aliphatic rings. The van der Waals surface area contributed by atoms with Crippen LogP contribution in [-0.2, 0) is 0 Å². The van der Waals surface area contributed by atoms with Crippen molar-refractivity contribution in [1.82, 2.24) is 4.90 Å². The van der Waals surface area contributed by atoms with Crippen LogP contribution in [0.25, 0.3) is 0 Å². The van der Waals surface area contributed by atoms with Gasteiger partial charge in [-0.15, -0.1) is 9.81 Å². The Hall–Kier alpha value is -0.840. The van der Waals surface area contributed by atoms with Gasteiger partial charge in [0.1, 0.15) is 0 Å². The molecule has 1 aliphatic heterocycles. The maximum Gasteiger partial charge on any atom is 0.257 e. The van der Waals surface area contributed by atoms with Crippen LogP contribution in [-0.4, -0.2) is 30.7 Å². The monoisotopic (exact) mass is 129 g/mol. The minimum absolute atomic E-state index is 0.361. The third kappa shape index (κ3) is 0.829. The summed E-state index contributed by atoms with van der Waals surface area (Å²) in [5.41, 5.74) is -1.16. The Balaban J connectivity index is 2.54. The summed E-state index contributed by atoms with van der Waals surface area (Å²) >= 11 is 0. The molecule has 5 nitrogen and oxygen atoms in total. The second kappa shape index (κ2) is 1.84. The van der Waals surface area contributed by atoms with Gasteiger partial charge in [0.25, 0.3) is 5.66 Å². The van der Waals surface area contributed by atoms with Gasteiger partial charge in [-0.2, -0.15) is 0 Å². The largest absolute Gasteiger partial charge is 0.297 e. The highest BCUT2D eigenvalue weighted by molar-refractivity contribution is 4.98. The third-order valence-electron chi connectivity index (χ3n) is 1.39. The molecule has 0 unspecified atom stereocenters. The lowest BCUT2D eigenvalue weighted by molar-refractivity contribution is 0.106. The molecule has 0 spiro atoms. The van der Waals surface area contributed by atoms with Crippen LogP contribution in [0.5, 0.6) is 0 Å². The Morgan fingerprint density at radius 2 is 1.78 bits per heavy atom. The molecule has 1 rings (SSSR count). The van der Waals surface area contributed by atoms with Gasteiger partial charge in [-0.1, -0.05) is 0 Å². The molecule has 0 radical (unpaired) electrons. The molecule has 0 aromatic rings. The van der Waals surface area contributed by atoms with E-state index in [0.29, 0.717) is 13.1 Å². The lowest BCUT2D eigenvalue weighted by Crippen LogP contribution is -2.56. The van der Waals surface area contributed by atoms with Crippen molar-refractivity contribution >= 4 is 0 Å². The van der Waals surface area contributed by atoms with Gasteiger partial charge in [-0.3, -0.25) is 4.90 Å². The molecule has 0 amide bonds. The van der Waals surface area contributed by atoms with E-state index >= 15 is 0 Å². The molecular formula is C4H7N3O2. The van der Waals surface area contributed by atoms with Gasteiger partial charge in [-0.05, 0) is 17.4 Å². The molecule has 1 saturated heterocycles. The van der Waals surface area contributed by atoms with Gasteiger partial charge in [-0.25, -0.2) is 0 Å². The Morgan fingerprint density at radius 1 is 1.33 bits per heavy atom. The standard InChI is InChI=1S/C4H7N3O2/c1-7-2-4(3-7,5-8)6-9/h2-3H2,1H3. The van der Waals surface area contributed by atoms with E-state index in [9.17, 15) is 9.81 Å². The summed E-state index contributed by atoms with van der Waals surface area (Å²) in [6, 6.07) is 0. The zero-order valence-corrected chi connectivity index (χ0v) is 5.07. The summed E-state index contributed by atoms with van der Waals surface area (Å²) in [4.78, 5) is 21.6. The first kappa shape index (κ1) is 6.28. The van der Waals surface area contributed by atoms with Gasteiger partial charge in [0.2, 0.25) is 0 Å². The average Bonchev–Trinajstić information content (AvgIpc) is 1.81. The smallest absolute Gasteiger partial charge is 0.257 e. The molecule has 0 aromatic carbocycles. The summed E-state index contributed by atoms with van der Waals surface area (Å²) in [7, 11) is 1.80. The van der Waals surface area contributed by atoms with E-state index in [4.69, 9.17) is 0 Å². The quantitative estimate of drug-likeness (QED) is 0.499. The molecule has 1 fully saturated rings. The molecule has 9 heavy (non-hydrogen) atoms. The first-order chi connectivity index (χ1) is 4.22. The van der Waals surface area contributed by atoms with Crippen LogP contribution in [0, 0.1) is 9.81 Å². The van der Waals surface area contributed by atoms with Crippen molar-refractivity contribution in [2.75, 3.05) is 20.1 Å². The highest BCUT2D eigenvalue weighted by atomic mass is 16.3. The van der Waals surface area contributed by atoms with Crippen LogP contribution in [0.1, 0.15) is 0 Å². The molecular weight excluding hydrogens is 122 g/mol. The van der Waals surface area contributed by atoms with Crippen LogP contribution >= 0.6 is 0 Å². The van der Waals surface area contributed by atoms with Crippen molar-refractivity contribution in [2.24, 2.45) is 10.4 Å². The van der Waals surface area contributed by atoms with Crippen molar-refractivity contribution in [1.29, 1.82) is 0 Å². The molecule has 0 atom stereocenters. The zero-order valence-electron chi connectivity index (χ0n) is 5.07. The highest BCUT2D eigenvalue weighted by Gasteiger charge is 2.44. The number of hydrogen-bond donors (Lipinski definition) is 0. The normalized spacial score (nSPS) is 24.6. The second-order valence-corrected chi connectivity index (χ2v) is 2.34. The van der Waals surface area contributed by atoms with E-state index in [-0.39, 0.29) is 0 Å². The second-order valence-electron chi connectivity index (χ2n) is 2.34. The molecule has 50 valence electrons. The fourth-order valence-electron chi connectivity index (χ4n) is 0.950. The van der Waals surface area contributed by atoms with Crippen molar-refractivity contribution < 1.29 is 0 Å². The Morgan fingerprint density at radius 3 is 1.89 bits per heavy atom. The molecule has 0 bridgehead atoms. The summed E-state index contributed by atoms with van der Waals surface area (Å²) in [6.45, 7) is 0.722. The van der Waals surface area contributed by atoms with E-state index in [0.717, 1.165) is 0 Å². The molecule has 0 aromatic heterocycles. The first-order valence-corrected chi connectivity index (χ1v) is 2.60. The van der Waals surface area contributed by atoms with Gasteiger partial charge in [0.15, 0.2) is 0 Å². The SMILES string of the molecule is CN1CC(N=O)(N=O)C1. The van der Waals surface area contributed by atoms with E-state index in [1.807, 2.05) is 4.90 Å². The van der Waals surface area contributed by atoms with Gasteiger partial charge in [0.05, 0.1) is 13.1 Å². The van der Waals surface area contributed by atoms with E-state index in [1.54, 1.807) is 7.05 Å². The van der Waals surface area contributed by atoms with Crippen LogP contribution < -0.4 is 0 Å². The lowest BCUT2D eigenvalue weighted by Gasteiger charge is -2.36. The maximum atomic E-state index is 9.92. The van der Waals surface area contributed by atoms with Gasteiger partial charge >= 0.3 is 0 Å². The average molecular weight is 129 g/mol. The van der Waals surface area contributed by atoms with Gasteiger partial charge < -0.3 is 0 Å². The fourth-order valence-corrected chi connectivity index (χ4v) is 0.950. The Kier molecular flexibility index (Phi) is 1.28. The number of likely N-dealkylation sites (N-methyl/N-ethyl adjacent to an activating group) is 1. The van der Waals surface area contributed by atoms with E-state index < -0.39 is 5.66 Å². The summed E-state index contributed by atoms with van der Waals surface area (Å²) in [5.74, 6) is 0. The van der Waals surface area contributed by atoms with E-state index in [1.165, 1.54) is 0 Å². The third-order valence-corrected chi connectivity index (χ3v) is 1.39. The predicted octanol–water partition coefficient (Wildman–Crippen LogP) is 0.161. The number of nitroso groups, excluding NO2 is 2. The van der Waals surface area contributed by atoms with Crippen molar-refractivity contribution in [2.45, 2.75) is 5.66 Å². The van der Waals surface area contributed by atoms with Crippen molar-refractivity contribution in [3.8, 4) is 0 Å². The highest BCUT2D eigenvalue weighted by Crippen LogP contribution is 2.23. The predicted molar refractivity (Wildman–Crippen MR) is 31.8 cm³/mol. The molecule has 5 heteroatoms. The van der Waals surface area contributed by atoms with Crippen LogP contribution in [0.4, 0.5) is 0 Å². The minimum Gasteiger partial charge on any atom is -0.297 e. The molecule has 1 heterocycles. The molecule has 0 saturated carbocycles. The Bertz CT molecular complexity index is 131. The van der Waals surface area contributed by atoms with Gasteiger partial charge in [0, 0.05) is 0 Å². The number of nitrogens with zero attached hydrogens (tertiary/aromatic N) is 3. The summed E-state index contributed by atoms with van der Waals surface area (Å²) < 4.78 is 0. The number of rotatable bonds is 2. The van der Waals surface area contributed by atoms with Crippen molar-refractivity contribution in [3.63, 3.8) is 0 Å². The van der Waals surface area contributed by atoms with Crippen LogP contribution in [0.2, 0.25) is 0 Å². The van der Waals surface area contributed by atoms with Crippen LogP contribution in [0.15, 0.2) is 10.4 Å². The zero-order chi connectivity index (χ0) is 6.91. The summed E-state index contributed by atoms with van der Waals surface area (Å²) in [5, 5.41) is 5.25. The minimum atomic E-state index is -1.16. The lowest BCUT2D eigenvalue weighted by atomic mass is 10.0. The molecule has 0 aliphatic carbocycles. The summed E-state index contributed by atoms with van der Waals surface area (Å²) in [6.07, 6.45) is 0. The van der Waals surface area contributed by atoms with Crippen molar-refractivity contribution in [3.05, 3.63) is 9.81 Å². The maximum absolute atomic E-state index is 9.92. The topological polar surface area (TPSA) is 62.1 Å².